The summed E-state index contributed by atoms with van der Waals surface area (Å²) in [4.78, 5) is 2.98. The van der Waals surface area contributed by atoms with Crippen molar-refractivity contribution in [3.05, 3.63) is 71.0 Å². The van der Waals surface area contributed by atoms with Crippen molar-refractivity contribution in [2.24, 2.45) is 17.8 Å². The largest absolute Gasteiger partial charge is 0.493 e. The monoisotopic (exact) mass is 598 g/mol. The predicted molar refractivity (Wildman–Crippen MR) is 139 cm³/mol. The van der Waals surface area contributed by atoms with Crippen molar-refractivity contribution in [2.45, 2.75) is 45.2 Å². The summed E-state index contributed by atoms with van der Waals surface area (Å²) in [6.07, 6.45) is 6.82. The van der Waals surface area contributed by atoms with Crippen molar-refractivity contribution in [1.82, 2.24) is 0 Å². The number of alkyl halides is 1. The highest BCUT2D eigenvalue weighted by Gasteiger charge is 2.28. The highest BCUT2D eigenvalue weighted by molar-refractivity contribution is 5.78. The van der Waals surface area contributed by atoms with Gasteiger partial charge in [-0.1, -0.05) is 0 Å². The van der Waals surface area contributed by atoms with Gasteiger partial charge < -0.3 is 14.2 Å². The first-order valence-electron chi connectivity index (χ1n) is 13.8. The van der Waals surface area contributed by atoms with Crippen LogP contribution in [0.3, 0.4) is 0 Å². The third kappa shape index (κ3) is 7.80. The Morgan fingerprint density at radius 1 is 0.571 bits per heavy atom. The van der Waals surface area contributed by atoms with Crippen molar-refractivity contribution < 1.29 is 50.0 Å². The molecule has 0 amide bonds. The van der Waals surface area contributed by atoms with E-state index in [0.29, 0.717) is 72.5 Å². The molecule has 3 aromatic carbocycles. The molecule has 0 unspecified atom stereocenters. The molecule has 3 aliphatic rings. The summed E-state index contributed by atoms with van der Waals surface area (Å²) in [6.45, 7) is 0.517. The minimum atomic E-state index is -1.65. The van der Waals surface area contributed by atoms with Crippen LogP contribution in [0.5, 0.6) is 23.0 Å². The molecule has 4 nitrogen and oxygen atoms in total. The highest BCUT2D eigenvalue weighted by atomic mass is 19.3. The molecule has 0 aromatic heterocycles. The number of benzene rings is 3. The summed E-state index contributed by atoms with van der Waals surface area (Å²) in [5.41, 5.74) is 0.204. The van der Waals surface area contributed by atoms with E-state index in [2.05, 4.69) is 4.94 Å². The number of hydrogen-bond donors (Lipinski definition) is 0. The number of ether oxygens (including phenoxy) is 3. The van der Waals surface area contributed by atoms with Crippen LogP contribution < -0.4 is 19.2 Å². The molecule has 0 heterocycles. The van der Waals surface area contributed by atoms with Gasteiger partial charge in [-0.25, -0.2) is 26.3 Å². The zero-order valence-electron chi connectivity index (χ0n) is 22.5. The van der Waals surface area contributed by atoms with E-state index >= 15 is 0 Å². The van der Waals surface area contributed by atoms with Crippen molar-refractivity contribution in [2.75, 3.05) is 19.8 Å². The van der Waals surface area contributed by atoms with Crippen molar-refractivity contribution in [3.8, 4) is 34.1 Å². The third-order valence-corrected chi connectivity index (χ3v) is 7.17. The first-order valence-corrected chi connectivity index (χ1v) is 13.8. The van der Waals surface area contributed by atoms with Crippen molar-refractivity contribution in [3.63, 3.8) is 0 Å². The Labute approximate surface area is 238 Å². The van der Waals surface area contributed by atoms with Crippen LogP contribution in [0, 0.1) is 46.8 Å². The molecule has 3 aromatic rings. The van der Waals surface area contributed by atoms with Gasteiger partial charge in [-0.05, 0) is 74.0 Å². The summed E-state index contributed by atoms with van der Waals surface area (Å²) in [5, 5.41) is 0. The quantitative estimate of drug-likeness (QED) is 0.154. The molecule has 3 saturated carbocycles. The molecule has 3 aliphatic carbocycles. The molecule has 6 rings (SSSR count). The Kier molecular flexibility index (Phi) is 9.33. The molecule has 226 valence electrons. The molecule has 0 saturated heterocycles. The van der Waals surface area contributed by atoms with Gasteiger partial charge in [-0.2, -0.15) is 0 Å². The molecule has 0 N–H and O–H groups in total. The normalized spacial score (nSPS) is 16.0. The third-order valence-electron chi connectivity index (χ3n) is 7.17. The Balaban J connectivity index is 0.000000271. The van der Waals surface area contributed by atoms with Gasteiger partial charge in [0.2, 0.25) is 0 Å². The fraction of sp³-hybridized carbons (Fsp3) is 0.419. The number of hydrogen-bond acceptors (Lipinski definition) is 4. The molecule has 0 aliphatic heterocycles. The Morgan fingerprint density at radius 2 is 1.02 bits per heavy atom. The maximum atomic E-state index is 14.4. The van der Waals surface area contributed by atoms with E-state index in [-0.39, 0.29) is 5.56 Å². The van der Waals surface area contributed by atoms with E-state index in [0.717, 1.165) is 37.8 Å². The summed E-state index contributed by atoms with van der Waals surface area (Å²) >= 11 is 0. The maximum absolute atomic E-state index is 14.4. The zero-order valence-corrected chi connectivity index (χ0v) is 22.5. The van der Waals surface area contributed by atoms with E-state index in [4.69, 9.17) is 14.2 Å². The van der Waals surface area contributed by atoms with Gasteiger partial charge >= 0.3 is 0 Å². The predicted octanol–water partition coefficient (Wildman–Crippen LogP) is 8.83. The maximum Gasteiger partial charge on any atom is 0.194 e. The van der Waals surface area contributed by atoms with Crippen LogP contribution in [0.25, 0.3) is 11.1 Å². The standard InChI is InChI=1S/C25H27F3O3.C6H2F4O/c26-11-20-21(27)7-18(8-22(20)28)25-23(30-13-16-3-4-16)9-19(29-12-15-1-2-15)10-24(25)31-14-17-5-6-17;7-4-1-3(11-10)2-5(8)6(4)9/h7-10,15-17H,1-6,11-14H2;1-2H. The molecule has 0 radical (unpaired) electrons. The van der Waals surface area contributed by atoms with Gasteiger partial charge in [0.05, 0.1) is 30.9 Å². The molecule has 0 bridgehead atoms. The molecule has 11 heteroatoms. The Hall–Kier alpha value is -3.63. The Morgan fingerprint density at radius 3 is 1.43 bits per heavy atom. The summed E-state index contributed by atoms with van der Waals surface area (Å²) < 4.78 is 108. The lowest BCUT2D eigenvalue weighted by atomic mass is 10.0. The smallest absolute Gasteiger partial charge is 0.194 e. The molecular weight excluding hydrogens is 569 g/mol. The van der Waals surface area contributed by atoms with Gasteiger partial charge in [-0.15, -0.1) is 0 Å². The van der Waals surface area contributed by atoms with Crippen molar-refractivity contribution >= 4 is 0 Å². The van der Waals surface area contributed by atoms with Crippen LogP contribution in [-0.4, -0.2) is 19.8 Å². The van der Waals surface area contributed by atoms with E-state index in [1.54, 1.807) is 12.1 Å². The lowest BCUT2D eigenvalue weighted by Crippen LogP contribution is -2.07. The lowest BCUT2D eigenvalue weighted by Gasteiger charge is -2.19. The molecular formula is C31H29F7O4. The fourth-order valence-corrected chi connectivity index (χ4v) is 4.10. The number of rotatable bonds is 12. The number of halogens is 7. The van der Waals surface area contributed by atoms with E-state index in [1.807, 2.05) is 0 Å². The van der Waals surface area contributed by atoms with Crippen LogP contribution in [0.15, 0.2) is 36.4 Å². The minimum absolute atomic E-state index is 0.275. The van der Waals surface area contributed by atoms with E-state index in [9.17, 15) is 30.9 Å². The average molecular weight is 599 g/mol. The van der Waals surface area contributed by atoms with Gasteiger partial charge in [0, 0.05) is 28.8 Å². The minimum Gasteiger partial charge on any atom is -0.493 e. The first-order chi connectivity index (χ1) is 20.2. The summed E-state index contributed by atoms with van der Waals surface area (Å²) in [5.74, 6) is -3.96. The second-order valence-electron chi connectivity index (χ2n) is 10.9. The first kappa shape index (κ1) is 29.8. The van der Waals surface area contributed by atoms with Gasteiger partial charge in [0.25, 0.3) is 0 Å². The highest BCUT2D eigenvalue weighted by Crippen LogP contribution is 2.45. The SMILES string of the molecule is FCc1c(F)cc(-c2c(OCC3CC3)cc(OCC3CC3)cc2OCC2CC2)cc1F.FOc1cc(F)c(F)c(F)c1. The molecule has 0 atom stereocenters. The van der Waals surface area contributed by atoms with Gasteiger partial charge in [0.1, 0.15) is 35.6 Å². The van der Waals surface area contributed by atoms with Crippen LogP contribution >= 0.6 is 0 Å². The van der Waals surface area contributed by atoms with Crippen LogP contribution in [0.4, 0.5) is 30.9 Å². The summed E-state index contributed by atoms with van der Waals surface area (Å²) in [6, 6.07) is 6.68. The Bertz CT molecular complexity index is 1320. The van der Waals surface area contributed by atoms with Gasteiger partial charge in [0.15, 0.2) is 23.2 Å². The zero-order chi connectivity index (χ0) is 29.8. The molecule has 0 spiro atoms. The second kappa shape index (κ2) is 13.1. The lowest BCUT2D eigenvalue weighted by molar-refractivity contribution is -0.00711. The summed E-state index contributed by atoms with van der Waals surface area (Å²) in [7, 11) is 0. The second-order valence-corrected chi connectivity index (χ2v) is 10.9. The van der Waals surface area contributed by atoms with Crippen LogP contribution in [0.2, 0.25) is 0 Å². The molecule has 3 fully saturated rings. The fourth-order valence-electron chi connectivity index (χ4n) is 4.10. The van der Waals surface area contributed by atoms with Crippen LogP contribution in [0.1, 0.15) is 44.1 Å². The average Bonchev–Trinajstić information content (AvgIpc) is 3.81. The topological polar surface area (TPSA) is 36.9 Å². The van der Waals surface area contributed by atoms with Gasteiger partial charge in [-0.3, -0.25) is 4.94 Å². The van der Waals surface area contributed by atoms with Crippen LogP contribution in [-0.2, 0) is 6.67 Å². The van der Waals surface area contributed by atoms with E-state index < -0.39 is 47.1 Å². The molecule has 42 heavy (non-hydrogen) atoms. The van der Waals surface area contributed by atoms with E-state index in [1.165, 1.54) is 12.8 Å². The van der Waals surface area contributed by atoms with Crippen molar-refractivity contribution in [1.29, 1.82) is 0 Å².